The van der Waals surface area contributed by atoms with Gasteiger partial charge in [-0.3, -0.25) is 0 Å². The van der Waals surface area contributed by atoms with Gasteiger partial charge in [-0.2, -0.15) is 0 Å². The average Bonchev–Trinajstić information content (AvgIpc) is 3.87. The van der Waals surface area contributed by atoms with E-state index in [1.807, 2.05) is 17.4 Å². The van der Waals surface area contributed by atoms with E-state index in [0.29, 0.717) is 0 Å². The van der Waals surface area contributed by atoms with Gasteiger partial charge in [0, 0.05) is 42.2 Å². The zero-order chi connectivity index (χ0) is 37.7. The minimum absolute atomic E-state index is 0.852. The van der Waals surface area contributed by atoms with Crippen LogP contribution >= 0.6 is 11.3 Å². The fourth-order valence-electron chi connectivity index (χ4n) is 8.52. The summed E-state index contributed by atoms with van der Waals surface area (Å²) in [5.41, 5.74) is 14.2. The first kappa shape index (κ1) is 33.2. The molecular weight excluding hydrogens is 711 g/mol. The Bertz CT molecular complexity index is 3230. The third-order valence-electron chi connectivity index (χ3n) is 11.1. The van der Waals surface area contributed by atoms with Crippen molar-refractivity contribution in [2.45, 2.75) is 0 Å². The number of furan rings is 1. The molecule has 0 aliphatic rings. The van der Waals surface area contributed by atoms with E-state index in [1.165, 1.54) is 42.4 Å². The lowest BCUT2D eigenvalue weighted by atomic mass is 9.87. The molecule has 0 fully saturated rings. The molecule has 0 bridgehead atoms. The lowest BCUT2D eigenvalue weighted by molar-refractivity contribution is 0.669. The van der Waals surface area contributed by atoms with Crippen molar-refractivity contribution < 1.29 is 4.42 Å². The molecule has 3 heteroatoms. The fraction of sp³-hybridized carbons (Fsp3) is 0. The monoisotopic (exact) mass is 745 g/mol. The summed E-state index contributed by atoms with van der Waals surface area (Å²) in [4.78, 5) is 2.40. The molecule has 11 aromatic rings. The third kappa shape index (κ3) is 5.63. The van der Waals surface area contributed by atoms with Crippen molar-refractivity contribution in [2.75, 3.05) is 4.90 Å². The quantitative estimate of drug-likeness (QED) is 0.162. The molecule has 0 atom stereocenters. The molecule has 268 valence electrons. The van der Waals surface area contributed by atoms with Crippen molar-refractivity contribution in [2.24, 2.45) is 0 Å². The van der Waals surface area contributed by atoms with Crippen molar-refractivity contribution in [1.29, 1.82) is 0 Å². The molecule has 2 nitrogen and oxygen atoms in total. The summed E-state index contributed by atoms with van der Waals surface area (Å²) < 4.78 is 9.41. The van der Waals surface area contributed by atoms with Gasteiger partial charge in [-0.15, -0.1) is 11.3 Å². The highest BCUT2D eigenvalue weighted by Crippen LogP contribution is 2.50. The Balaban J connectivity index is 1.18. The first-order valence-electron chi connectivity index (χ1n) is 19.3. The Morgan fingerprint density at radius 1 is 0.351 bits per heavy atom. The highest BCUT2D eigenvalue weighted by molar-refractivity contribution is 7.26. The molecular formula is C54H35NOS. The van der Waals surface area contributed by atoms with Crippen LogP contribution in [-0.4, -0.2) is 0 Å². The first-order chi connectivity index (χ1) is 28.3. The number of rotatable bonds is 7. The zero-order valence-corrected chi connectivity index (χ0v) is 31.8. The number of nitrogens with zero attached hydrogens (tertiary/aromatic N) is 1. The van der Waals surface area contributed by atoms with Crippen LogP contribution in [0.3, 0.4) is 0 Å². The molecule has 2 aromatic heterocycles. The summed E-state index contributed by atoms with van der Waals surface area (Å²) in [6.07, 6.45) is 0. The number of para-hydroxylation sites is 2. The van der Waals surface area contributed by atoms with E-state index in [4.69, 9.17) is 4.42 Å². The summed E-state index contributed by atoms with van der Waals surface area (Å²) in [6, 6.07) is 76.3. The fourth-order valence-corrected chi connectivity index (χ4v) is 9.76. The van der Waals surface area contributed by atoms with E-state index < -0.39 is 0 Å². The molecule has 11 rings (SSSR count). The Morgan fingerprint density at radius 3 is 1.70 bits per heavy atom. The maximum atomic E-state index is 6.79. The summed E-state index contributed by atoms with van der Waals surface area (Å²) in [6.45, 7) is 0. The van der Waals surface area contributed by atoms with Gasteiger partial charge < -0.3 is 9.32 Å². The van der Waals surface area contributed by atoms with Crippen molar-refractivity contribution in [3.05, 3.63) is 212 Å². The van der Waals surface area contributed by atoms with Crippen LogP contribution in [0.2, 0.25) is 0 Å². The number of hydrogen-bond donors (Lipinski definition) is 0. The predicted octanol–water partition coefficient (Wildman–Crippen LogP) is 16.1. The maximum Gasteiger partial charge on any atom is 0.159 e. The number of fused-ring (bicyclic) bond motifs is 6. The summed E-state index contributed by atoms with van der Waals surface area (Å²) in [5, 5.41) is 4.80. The van der Waals surface area contributed by atoms with E-state index in [1.54, 1.807) is 0 Å². The second-order valence-corrected chi connectivity index (χ2v) is 15.4. The molecule has 0 amide bonds. The molecule has 0 saturated carbocycles. The van der Waals surface area contributed by atoms with Gasteiger partial charge in [-0.25, -0.2) is 0 Å². The van der Waals surface area contributed by atoms with E-state index >= 15 is 0 Å². The number of benzene rings is 9. The maximum absolute atomic E-state index is 6.79. The number of hydrogen-bond acceptors (Lipinski definition) is 3. The van der Waals surface area contributed by atoms with Gasteiger partial charge in [0.25, 0.3) is 0 Å². The second kappa shape index (κ2) is 13.8. The van der Waals surface area contributed by atoms with Gasteiger partial charge in [0.15, 0.2) is 5.58 Å². The third-order valence-corrected chi connectivity index (χ3v) is 12.3. The first-order valence-corrected chi connectivity index (χ1v) is 20.2. The smallest absolute Gasteiger partial charge is 0.159 e. The topological polar surface area (TPSA) is 16.4 Å². The van der Waals surface area contributed by atoms with E-state index in [0.717, 1.165) is 61.3 Å². The molecule has 0 N–H and O–H groups in total. The van der Waals surface area contributed by atoms with Crippen LogP contribution in [0.15, 0.2) is 217 Å². The summed E-state index contributed by atoms with van der Waals surface area (Å²) >= 11 is 1.87. The normalized spacial score (nSPS) is 11.5. The lowest BCUT2D eigenvalue weighted by Gasteiger charge is -2.30. The van der Waals surface area contributed by atoms with Gasteiger partial charge in [0.2, 0.25) is 0 Å². The molecule has 0 radical (unpaired) electrons. The van der Waals surface area contributed by atoms with Crippen LogP contribution in [0.25, 0.3) is 86.6 Å². The molecule has 0 aliphatic carbocycles. The zero-order valence-electron chi connectivity index (χ0n) is 31.0. The molecule has 0 aliphatic heterocycles. The largest absolute Gasteiger partial charge is 0.454 e. The number of anilines is 3. The summed E-state index contributed by atoms with van der Waals surface area (Å²) in [7, 11) is 0. The Labute approximate surface area is 335 Å². The highest BCUT2D eigenvalue weighted by Gasteiger charge is 2.25. The molecule has 57 heavy (non-hydrogen) atoms. The molecule has 9 aromatic carbocycles. The van der Waals surface area contributed by atoms with E-state index in [2.05, 4.69) is 211 Å². The SMILES string of the molecule is c1ccc(-c2ccccc2-c2c(-c3ccccc3)cccc2N(c2ccc(-c3cccc4c3sc3ccccc34)cc2)c2cccc3c2oc2ccccc23)cc1. The van der Waals surface area contributed by atoms with Crippen molar-refractivity contribution in [3.63, 3.8) is 0 Å². The highest BCUT2D eigenvalue weighted by atomic mass is 32.1. The minimum atomic E-state index is 0.852. The second-order valence-electron chi connectivity index (χ2n) is 14.4. The Kier molecular flexibility index (Phi) is 8.04. The van der Waals surface area contributed by atoms with Gasteiger partial charge >= 0.3 is 0 Å². The predicted molar refractivity (Wildman–Crippen MR) is 243 cm³/mol. The van der Waals surface area contributed by atoms with Crippen LogP contribution in [0.5, 0.6) is 0 Å². The summed E-state index contributed by atoms with van der Waals surface area (Å²) in [5.74, 6) is 0. The van der Waals surface area contributed by atoms with Crippen LogP contribution in [0.1, 0.15) is 0 Å². The van der Waals surface area contributed by atoms with Gasteiger partial charge in [-0.05, 0) is 75.3 Å². The van der Waals surface area contributed by atoms with Crippen molar-refractivity contribution >= 4 is 70.5 Å². The van der Waals surface area contributed by atoms with Gasteiger partial charge in [0.1, 0.15) is 5.58 Å². The Morgan fingerprint density at radius 2 is 0.895 bits per heavy atom. The standard InChI is InChI=1S/C54H35NOS/c1-3-16-36(17-4-1)40-20-7-8-23-45(40)52-41(37-18-5-2-6-19-37)24-14-28-48(52)55(49-29-15-26-46-43-21-9-11-30-50(43)56-53(46)49)39-34-32-38(33-35-39)42-25-13-27-47-44-22-10-12-31-51(44)57-54(42)47/h1-35H. The van der Waals surface area contributed by atoms with Crippen LogP contribution in [-0.2, 0) is 0 Å². The van der Waals surface area contributed by atoms with Crippen LogP contribution in [0, 0.1) is 0 Å². The van der Waals surface area contributed by atoms with Crippen molar-refractivity contribution in [3.8, 4) is 44.5 Å². The van der Waals surface area contributed by atoms with Crippen LogP contribution in [0.4, 0.5) is 17.1 Å². The lowest BCUT2D eigenvalue weighted by Crippen LogP contribution is -2.12. The van der Waals surface area contributed by atoms with E-state index in [-0.39, 0.29) is 0 Å². The minimum Gasteiger partial charge on any atom is -0.454 e. The van der Waals surface area contributed by atoms with Crippen LogP contribution < -0.4 is 4.90 Å². The average molecular weight is 746 g/mol. The molecule has 0 spiro atoms. The Hall–Kier alpha value is -7.20. The number of thiophene rings is 1. The van der Waals surface area contributed by atoms with Crippen molar-refractivity contribution in [1.82, 2.24) is 0 Å². The van der Waals surface area contributed by atoms with E-state index in [9.17, 15) is 0 Å². The van der Waals surface area contributed by atoms with Gasteiger partial charge in [-0.1, -0.05) is 176 Å². The molecule has 0 unspecified atom stereocenters. The van der Waals surface area contributed by atoms with Gasteiger partial charge in [0.05, 0.1) is 11.4 Å². The molecule has 2 heterocycles. The molecule has 0 saturated heterocycles.